The van der Waals surface area contributed by atoms with E-state index in [4.69, 9.17) is 0 Å². The second kappa shape index (κ2) is 23.8. The molecule has 0 saturated carbocycles. The monoisotopic (exact) mass is 1030 g/mol. The summed E-state index contributed by atoms with van der Waals surface area (Å²) in [4.78, 5) is 21.3. The summed E-state index contributed by atoms with van der Waals surface area (Å²) < 4.78 is 142. The molecule has 0 aliphatic rings. The lowest BCUT2D eigenvalue weighted by Crippen LogP contribution is -2.20. The first-order valence-corrected chi connectivity index (χ1v) is 23.9. The molecule has 0 spiro atoms. The van der Waals surface area contributed by atoms with Gasteiger partial charge in [-0.05, 0) is 101 Å². The Bertz CT molecular complexity index is 3190. The fourth-order valence-corrected chi connectivity index (χ4v) is 9.67. The van der Waals surface area contributed by atoms with Gasteiger partial charge in [0.2, 0.25) is 10.3 Å². The van der Waals surface area contributed by atoms with E-state index in [2.05, 4.69) is 25.5 Å². The molecule has 23 heteroatoms. The summed E-state index contributed by atoms with van der Waals surface area (Å²) in [6, 6.07) is 13.2. The Morgan fingerprint density at radius 2 is 1.04 bits per heavy atom. The van der Waals surface area contributed by atoms with E-state index in [-0.39, 0.29) is 21.7 Å². The summed E-state index contributed by atoms with van der Waals surface area (Å²) in [5.41, 5.74) is 4.40. The van der Waals surface area contributed by atoms with Crippen LogP contribution in [0, 0.1) is 60.4 Å². The molecule has 1 N–H and O–H groups in total. The van der Waals surface area contributed by atoms with Gasteiger partial charge in [0.25, 0.3) is 0 Å². The number of rotatable bonds is 15. The van der Waals surface area contributed by atoms with Crippen molar-refractivity contribution < 1.29 is 48.3 Å². The first kappa shape index (κ1) is 53.4. The molecule has 0 aliphatic heterocycles. The summed E-state index contributed by atoms with van der Waals surface area (Å²) in [6.07, 6.45) is 7.04. The number of aldehydes is 1. The molecule has 0 amide bonds. The zero-order valence-corrected chi connectivity index (χ0v) is 40.6. The maximum Gasteiger partial charge on any atom is 0.204 e. The highest BCUT2D eigenvalue weighted by Gasteiger charge is 2.25. The number of halogens is 8. The van der Waals surface area contributed by atoms with Gasteiger partial charge in [-0.25, -0.2) is 45.1 Å². The van der Waals surface area contributed by atoms with Crippen molar-refractivity contribution in [1.29, 1.82) is 0 Å². The predicted octanol–water partition coefficient (Wildman–Crippen LogP) is 8.41. The van der Waals surface area contributed by atoms with Gasteiger partial charge in [0.05, 0.1) is 62.6 Å². The smallest absolute Gasteiger partial charge is 0.204 e. The summed E-state index contributed by atoms with van der Waals surface area (Å²) in [7, 11) is 3.46. The van der Waals surface area contributed by atoms with Crippen LogP contribution >= 0.6 is 0 Å². The van der Waals surface area contributed by atoms with Gasteiger partial charge in [-0.15, -0.1) is 0 Å². The van der Waals surface area contributed by atoms with E-state index in [0.717, 1.165) is 54.0 Å². The Hall–Kier alpha value is -6.95. The zero-order valence-electron chi connectivity index (χ0n) is 38.9. The van der Waals surface area contributed by atoms with E-state index in [1.165, 1.54) is 52.7 Å². The van der Waals surface area contributed by atoms with Crippen molar-refractivity contribution in [3.05, 3.63) is 189 Å². The second-order valence-corrected chi connectivity index (χ2v) is 18.6. The number of hydrogen-bond donors (Lipinski definition) is 1. The molecule has 0 bridgehead atoms. The van der Waals surface area contributed by atoms with Crippen LogP contribution < -0.4 is 5.32 Å². The topological polar surface area (TPSA) is 138 Å². The molecule has 0 aliphatic carbocycles. The van der Waals surface area contributed by atoms with Crippen LogP contribution in [0.2, 0.25) is 0 Å². The Morgan fingerprint density at radius 3 is 1.49 bits per heavy atom. The van der Waals surface area contributed by atoms with Crippen LogP contribution in [-0.2, 0) is 66.8 Å². The predicted molar refractivity (Wildman–Crippen MR) is 249 cm³/mol. The molecule has 374 valence electrons. The minimum absolute atomic E-state index is 0.0140. The summed E-state index contributed by atoms with van der Waals surface area (Å²) in [6.45, 7) is 5.79. The van der Waals surface area contributed by atoms with Gasteiger partial charge in [0, 0.05) is 79.8 Å². The fraction of sp³-hybridized carbons (Fsp3) is 0.229. The van der Waals surface area contributed by atoms with Crippen LogP contribution in [0.4, 0.5) is 35.1 Å². The highest BCUT2D eigenvalue weighted by molar-refractivity contribution is 7.84. The number of benzene rings is 4. The van der Waals surface area contributed by atoms with Crippen molar-refractivity contribution in [2.45, 2.75) is 55.3 Å². The minimum Gasteiger partial charge on any atom is -0.316 e. The molecule has 0 radical (unpaired) electrons. The van der Waals surface area contributed by atoms with Crippen LogP contribution in [0.3, 0.4) is 0 Å². The molecule has 71 heavy (non-hydrogen) atoms. The summed E-state index contributed by atoms with van der Waals surface area (Å²) >= 11 is 0. The average molecular weight is 1030 g/mol. The highest BCUT2D eigenvalue weighted by Crippen LogP contribution is 2.26. The second-order valence-electron chi connectivity index (χ2n) is 15.9. The lowest BCUT2D eigenvalue weighted by molar-refractivity contribution is 0.111. The molecule has 4 heterocycles. The Kier molecular flexibility index (Phi) is 17.9. The van der Waals surface area contributed by atoms with Gasteiger partial charge >= 0.3 is 0 Å². The molecule has 2 atom stereocenters. The first-order chi connectivity index (χ1) is 33.8. The van der Waals surface area contributed by atoms with Crippen LogP contribution in [0.1, 0.15) is 49.8 Å². The molecule has 0 fully saturated rings. The lowest BCUT2D eigenvalue weighted by atomic mass is 10.2. The molecular formula is C48H46F8N10O3S2. The largest absolute Gasteiger partial charge is 0.316 e. The number of carbonyl (C=O) groups excluding carboxylic acids is 1. The number of nitrogens with zero attached hydrogens (tertiary/aromatic N) is 9. The molecule has 8 aromatic rings. The molecule has 4 aromatic heterocycles. The van der Waals surface area contributed by atoms with Gasteiger partial charge in [0.15, 0.2) is 29.6 Å². The van der Waals surface area contributed by atoms with E-state index >= 15 is 0 Å². The van der Waals surface area contributed by atoms with E-state index in [0.29, 0.717) is 42.9 Å². The van der Waals surface area contributed by atoms with Gasteiger partial charge in [-0.3, -0.25) is 36.6 Å². The van der Waals surface area contributed by atoms with Gasteiger partial charge in [-0.1, -0.05) is 0 Å². The van der Waals surface area contributed by atoms with Crippen molar-refractivity contribution in [2.24, 2.45) is 14.1 Å². The third kappa shape index (κ3) is 13.1. The van der Waals surface area contributed by atoms with Gasteiger partial charge < -0.3 is 5.32 Å². The Labute approximate surface area is 407 Å². The van der Waals surface area contributed by atoms with Gasteiger partial charge in [-0.2, -0.15) is 10.2 Å². The van der Waals surface area contributed by atoms with Crippen molar-refractivity contribution in [1.82, 2.24) is 48.9 Å². The standard InChI is InChI=1S/C24H23F4N5OS.C17H10F4N2O2S.C7H13N3/c1-15-16(12-32(3)30-15)11-31(2)13-19-10-29-24(33(19)18-6-4-17(25)5-7-18)35(34)14-20-21(26)8-9-22(27)23(20)28;18-10-1-3-11(4-2-10)23-12(8-24)7-22-17(23)26(25)9-13-14(19)5-6-15(20)16(13)21;1-6-7(4-8-2)5-10(3)9-6/h4-10,12H,11,13-14H2,1-3H3;1-8H,9H2;5,8H,4H2,1-3H3. The average Bonchev–Trinajstić information content (AvgIpc) is 4.12. The maximum atomic E-state index is 14.2. The SMILES string of the molecule is CNCc1cn(C)nc1C.Cc1nn(C)cc1CN(C)Cc1cnc(S(=O)Cc2c(F)ccc(F)c2F)n1-c1ccc(F)cc1.O=Cc1cnc(S(=O)Cc2c(F)ccc(F)c2F)n1-c1ccc(F)cc1. The fourth-order valence-electron chi connectivity index (χ4n) is 7.18. The Balaban J connectivity index is 0.000000200. The lowest BCUT2D eigenvalue weighted by Gasteiger charge is -2.18. The van der Waals surface area contributed by atoms with E-state index in [1.807, 2.05) is 64.0 Å². The molecular weight excluding hydrogens is 981 g/mol. The quantitative estimate of drug-likeness (QED) is 0.0610. The normalized spacial score (nSPS) is 12.0. The number of nitrogens with one attached hydrogen (secondary N) is 1. The number of imidazole rings is 2. The van der Waals surface area contributed by atoms with Crippen LogP contribution in [-0.4, -0.2) is 72.4 Å². The summed E-state index contributed by atoms with van der Waals surface area (Å²) in [5, 5.41) is 11.5. The molecule has 4 aromatic carbocycles. The maximum absolute atomic E-state index is 14.2. The van der Waals surface area contributed by atoms with E-state index < -0.39 is 90.8 Å². The molecule has 13 nitrogen and oxygen atoms in total. The number of hydrogen-bond acceptors (Lipinski definition) is 9. The Morgan fingerprint density at radius 1 is 0.606 bits per heavy atom. The number of carbonyl (C=O) groups is 1. The van der Waals surface area contributed by atoms with Crippen molar-refractivity contribution in [3.8, 4) is 11.4 Å². The molecule has 0 saturated heterocycles. The molecule has 2 unspecified atom stereocenters. The van der Waals surface area contributed by atoms with Gasteiger partial charge in [0.1, 0.15) is 29.0 Å². The van der Waals surface area contributed by atoms with Crippen molar-refractivity contribution in [3.63, 3.8) is 0 Å². The zero-order chi connectivity index (χ0) is 51.7. The minimum atomic E-state index is -2.11. The number of aryl methyl sites for hydroxylation is 4. The first-order valence-electron chi connectivity index (χ1n) is 21.2. The van der Waals surface area contributed by atoms with E-state index in [9.17, 15) is 48.3 Å². The highest BCUT2D eigenvalue weighted by atomic mass is 32.2. The van der Waals surface area contributed by atoms with Crippen LogP contribution in [0.25, 0.3) is 11.4 Å². The van der Waals surface area contributed by atoms with Crippen LogP contribution in [0.5, 0.6) is 0 Å². The molecule has 8 rings (SSSR count). The van der Waals surface area contributed by atoms with Crippen molar-refractivity contribution in [2.75, 3.05) is 14.1 Å². The van der Waals surface area contributed by atoms with Crippen LogP contribution in [0.15, 0.2) is 108 Å². The third-order valence-electron chi connectivity index (χ3n) is 10.6. The van der Waals surface area contributed by atoms with Crippen molar-refractivity contribution >= 4 is 27.9 Å². The third-order valence-corrected chi connectivity index (χ3v) is 13.0. The summed E-state index contributed by atoms with van der Waals surface area (Å²) in [5.74, 6) is -9.64. The number of aromatic nitrogens is 8. The van der Waals surface area contributed by atoms with E-state index in [1.54, 1.807) is 9.25 Å².